The Morgan fingerprint density at radius 2 is 2.22 bits per heavy atom. The number of likely N-dealkylation sites (tertiary alicyclic amines) is 1. The third kappa shape index (κ3) is 2.13. The van der Waals surface area contributed by atoms with E-state index in [1.807, 2.05) is 6.07 Å². The van der Waals surface area contributed by atoms with Gasteiger partial charge in [-0.1, -0.05) is 6.07 Å². The van der Waals surface area contributed by atoms with Crippen molar-refractivity contribution in [1.29, 1.82) is 0 Å². The normalized spacial score (nSPS) is 27.6. The van der Waals surface area contributed by atoms with Gasteiger partial charge in [0.1, 0.15) is 0 Å². The first kappa shape index (κ1) is 12.0. The maximum Gasteiger partial charge on any atom is 0.0434 e. The van der Waals surface area contributed by atoms with Crippen molar-refractivity contribution < 1.29 is 5.11 Å². The number of hydrogen-bond donors (Lipinski definition) is 2. The van der Waals surface area contributed by atoms with Gasteiger partial charge >= 0.3 is 0 Å². The Balaban J connectivity index is 1.73. The van der Waals surface area contributed by atoms with Crippen LogP contribution in [0.2, 0.25) is 0 Å². The van der Waals surface area contributed by atoms with Crippen molar-refractivity contribution >= 4 is 5.69 Å². The highest BCUT2D eigenvalue weighted by Gasteiger charge is 2.32. The molecule has 98 valence electrons. The van der Waals surface area contributed by atoms with Crippen molar-refractivity contribution in [3.05, 3.63) is 29.3 Å². The van der Waals surface area contributed by atoms with Gasteiger partial charge in [0.2, 0.25) is 0 Å². The number of aliphatic hydroxyl groups is 1. The number of aliphatic hydroxyl groups excluding tert-OH is 1. The molecule has 2 unspecified atom stereocenters. The molecule has 0 aromatic heterocycles. The molecule has 0 spiro atoms. The smallest absolute Gasteiger partial charge is 0.0434 e. The summed E-state index contributed by atoms with van der Waals surface area (Å²) >= 11 is 0. The minimum Gasteiger partial charge on any atom is -0.399 e. The number of nitrogens with zero attached hydrogens (tertiary/aromatic N) is 1. The highest BCUT2D eigenvalue weighted by Crippen LogP contribution is 2.39. The summed E-state index contributed by atoms with van der Waals surface area (Å²) in [4.78, 5) is 2.60. The topological polar surface area (TPSA) is 49.5 Å². The Kier molecular flexibility index (Phi) is 3.27. The van der Waals surface area contributed by atoms with E-state index in [0.29, 0.717) is 18.6 Å². The molecule has 1 aliphatic carbocycles. The van der Waals surface area contributed by atoms with Gasteiger partial charge < -0.3 is 10.8 Å². The molecular weight excluding hydrogens is 224 g/mol. The first-order chi connectivity index (χ1) is 8.78. The predicted octanol–water partition coefficient (Wildman–Crippen LogP) is 1.96. The minimum absolute atomic E-state index is 0.330. The molecule has 1 fully saturated rings. The summed E-state index contributed by atoms with van der Waals surface area (Å²) in [5.41, 5.74) is 9.65. The third-order valence-electron chi connectivity index (χ3n) is 4.51. The molecule has 3 rings (SSSR count). The zero-order valence-electron chi connectivity index (χ0n) is 10.8. The summed E-state index contributed by atoms with van der Waals surface area (Å²) in [6.07, 6.45) is 4.58. The van der Waals surface area contributed by atoms with E-state index >= 15 is 0 Å². The molecule has 3 N–H and O–H groups in total. The van der Waals surface area contributed by atoms with Gasteiger partial charge in [0.25, 0.3) is 0 Å². The van der Waals surface area contributed by atoms with Crippen LogP contribution >= 0.6 is 0 Å². The van der Waals surface area contributed by atoms with E-state index in [-0.39, 0.29) is 0 Å². The van der Waals surface area contributed by atoms with Crippen LogP contribution in [0.1, 0.15) is 36.4 Å². The van der Waals surface area contributed by atoms with Crippen LogP contribution in [-0.2, 0) is 6.42 Å². The first-order valence-corrected chi connectivity index (χ1v) is 7.01. The summed E-state index contributed by atoms with van der Waals surface area (Å²) in [5.74, 6) is 0.688. The highest BCUT2D eigenvalue weighted by molar-refractivity contribution is 5.47. The molecule has 1 aliphatic heterocycles. The Labute approximate surface area is 109 Å². The number of fused-ring (bicyclic) bond motifs is 1. The van der Waals surface area contributed by atoms with Crippen molar-refractivity contribution in [1.82, 2.24) is 4.90 Å². The zero-order chi connectivity index (χ0) is 12.5. The first-order valence-electron chi connectivity index (χ1n) is 7.01. The van der Waals surface area contributed by atoms with Crippen LogP contribution in [-0.4, -0.2) is 29.7 Å². The minimum atomic E-state index is 0.330. The average molecular weight is 246 g/mol. The second-order valence-electron chi connectivity index (χ2n) is 5.67. The van der Waals surface area contributed by atoms with Crippen molar-refractivity contribution in [2.24, 2.45) is 5.92 Å². The quantitative estimate of drug-likeness (QED) is 0.802. The van der Waals surface area contributed by atoms with E-state index in [2.05, 4.69) is 17.0 Å². The van der Waals surface area contributed by atoms with Gasteiger partial charge in [-0.15, -0.1) is 0 Å². The Morgan fingerprint density at radius 3 is 3.06 bits per heavy atom. The van der Waals surface area contributed by atoms with Crippen LogP contribution in [0, 0.1) is 5.92 Å². The molecule has 0 radical (unpaired) electrons. The maximum absolute atomic E-state index is 9.03. The van der Waals surface area contributed by atoms with Crippen molar-refractivity contribution in [3.8, 4) is 0 Å². The maximum atomic E-state index is 9.03. The number of rotatable bonds is 3. The summed E-state index contributed by atoms with van der Waals surface area (Å²) in [7, 11) is 0. The lowest BCUT2D eigenvalue weighted by atomic mass is 10.1. The number of anilines is 1. The van der Waals surface area contributed by atoms with Crippen LogP contribution in [0.15, 0.2) is 18.2 Å². The summed E-state index contributed by atoms with van der Waals surface area (Å²) in [6, 6.07) is 6.96. The van der Waals surface area contributed by atoms with Crippen LogP contribution in [0.25, 0.3) is 0 Å². The summed E-state index contributed by atoms with van der Waals surface area (Å²) < 4.78 is 0. The van der Waals surface area contributed by atoms with E-state index in [4.69, 9.17) is 10.8 Å². The molecule has 18 heavy (non-hydrogen) atoms. The molecule has 0 amide bonds. The Hall–Kier alpha value is -1.06. The molecule has 2 aliphatic rings. The van der Waals surface area contributed by atoms with E-state index in [1.54, 1.807) is 0 Å². The van der Waals surface area contributed by atoms with Crippen molar-refractivity contribution in [2.45, 2.75) is 31.7 Å². The van der Waals surface area contributed by atoms with Gasteiger partial charge in [0.15, 0.2) is 0 Å². The number of hydrogen-bond acceptors (Lipinski definition) is 3. The summed E-state index contributed by atoms with van der Waals surface area (Å²) in [5, 5.41) is 9.03. The molecule has 0 bridgehead atoms. The molecule has 1 saturated heterocycles. The zero-order valence-corrected chi connectivity index (χ0v) is 10.8. The largest absolute Gasteiger partial charge is 0.399 e. The van der Waals surface area contributed by atoms with Gasteiger partial charge in [-0.25, -0.2) is 0 Å². The highest BCUT2D eigenvalue weighted by atomic mass is 16.3. The SMILES string of the molecule is Nc1ccc2c(c1)CCC2N1CCC(CCO)C1. The molecular formula is C15H22N2O. The van der Waals surface area contributed by atoms with Gasteiger partial charge in [-0.3, -0.25) is 4.90 Å². The molecule has 1 aromatic rings. The molecule has 1 heterocycles. The van der Waals surface area contributed by atoms with Crippen LogP contribution in [0.5, 0.6) is 0 Å². The van der Waals surface area contributed by atoms with Crippen molar-refractivity contribution in [2.75, 3.05) is 25.4 Å². The number of aryl methyl sites for hydroxylation is 1. The number of benzene rings is 1. The van der Waals surface area contributed by atoms with E-state index < -0.39 is 0 Å². The lowest BCUT2D eigenvalue weighted by molar-refractivity contribution is 0.219. The second-order valence-corrected chi connectivity index (χ2v) is 5.67. The summed E-state index contributed by atoms with van der Waals surface area (Å²) in [6.45, 7) is 2.66. The van der Waals surface area contributed by atoms with Crippen molar-refractivity contribution in [3.63, 3.8) is 0 Å². The molecule has 3 nitrogen and oxygen atoms in total. The fraction of sp³-hybridized carbons (Fsp3) is 0.600. The molecule has 0 saturated carbocycles. The average Bonchev–Trinajstić information content (AvgIpc) is 2.95. The van der Waals surface area contributed by atoms with Gasteiger partial charge in [-0.05, 0) is 61.4 Å². The van der Waals surface area contributed by atoms with Crippen LogP contribution in [0.4, 0.5) is 5.69 Å². The number of nitrogens with two attached hydrogens (primary N) is 1. The lowest BCUT2D eigenvalue weighted by Crippen LogP contribution is -2.25. The number of nitrogen functional groups attached to an aromatic ring is 1. The van der Waals surface area contributed by atoms with E-state index in [0.717, 1.165) is 25.1 Å². The van der Waals surface area contributed by atoms with Gasteiger partial charge in [0.05, 0.1) is 0 Å². The van der Waals surface area contributed by atoms with Gasteiger partial charge in [0, 0.05) is 24.9 Å². The van der Waals surface area contributed by atoms with E-state index in [9.17, 15) is 0 Å². The predicted molar refractivity (Wildman–Crippen MR) is 73.3 cm³/mol. The fourth-order valence-electron chi connectivity index (χ4n) is 3.56. The standard InChI is InChI=1S/C15H22N2O/c16-13-2-3-14-12(9-13)1-4-15(14)17-7-5-11(10-17)6-8-18/h2-3,9,11,15,18H,1,4-8,10,16H2. The Bertz CT molecular complexity index is 433. The van der Waals surface area contributed by atoms with Crippen LogP contribution in [0.3, 0.4) is 0 Å². The third-order valence-corrected chi connectivity index (χ3v) is 4.51. The second kappa shape index (κ2) is 4.90. The monoisotopic (exact) mass is 246 g/mol. The van der Waals surface area contributed by atoms with E-state index in [1.165, 1.54) is 30.5 Å². The molecule has 1 aromatic carbocycles. The lowest BCUT2D eigenvalue weighted by Gasteiger charge is -2.25. The molecule has 3 heteroatoms. The fourth-order valence-corrected chi connectivity index (χ4v) is 3.56. The Morgan fingerprint density at radius 1 is 1.33 bits per heavy atom. The molecule has 2 atom stereocenters. The van der Waals surface area contributed by atoms with Gasteiger partial charge in [-0.2, -0.15) is 0 Å². The van der Waals surface area contributed by atoms with Crippen LogP contribution < -0.4 is 5.73 Å².